The van der Waals surface area contributed by atoms with Crippen molar-refractivity contribution in [2.75, 3.05) is 0 Å². The Labute approximate surface area is 410 Å². The first-order valence-electron chi connectivity index (χ1n) is 23.0. The van der Waals surface area contributed by atoms with Gasteiger partial charge >= 0.3 is 0 Å². The van der Waals surface area contributed by atoms with E-state index in [1.807, 2.05) is 24.4 Å². The Hall–Kier alpha value is -6.55. The van der Waals surface area contributed by atoms with E-state index in [2.05, 4.69) is 235 Å². The van der Waals surface area contributed by atoms with Crippen LogP contribution in [0.2, 0.25) is 0 Å². The number of rotatable bonds is 7. The number of aryl methyl sites for hydroxylation is 1. The van der Waals surface area contributed by atoms with Gasteiger partial charge in [0.25, 0.3) is 6.33 Å². The summed E-state index contributed by atoms with van der Waals surface area (Å²) in [4.78, 5) is 5.08. The molecule has 0 N–H and O–H groups in total. The van der Waals surface area contributed by atoms with E-state index in [4.69, 9.17) is 9.72 Å². The number of nitrogens with zero attached hydrogens (tertiary/aromatic N) is 4. The summed E-state index contributed by atoms with van der Waals surface area (Å²) < 4.78 is 13.2. The van der Waals surface area contributed by atoms with E-state index in [0.717, 1.165) is 77.8 Å². The number of imidazole rings is 1. The standard InChI is InChI=1S/C61H56N4O.Pt/c1-40-32-57(62-38-53(40)42-26-28-43(29-27-42)59(2,3)4)65-54-24-15-14-22-51(54)52-31-30-49(37-56(52)65)66-48-21-16-20-46(36-48)63-39-64(47-34-44(60(5,6)7)33-45(35-47)61(8,9)10)58-50(23-17-25-55(58)63)41-18-12-11-13-19-41;/h11-35,38H,1-10H3;/q-2;. The summed E-state index contributed by atoms with van der Waals surface area (Å²) in [6, 6.07) is 61.1. The summed E-state index contributed by atoms with van der Waals surface area (Å²) in [6.45, 7) is 22.6. The molecule has 0 radical (unpaired) electrons. The summed E-state index contributed by atoms with van der Waals surface area (Å²) in [5.41, 5.74) is 15.5. The fourth-order valence-corrected chi connectivity index (χ4v) is 9.01. The van der Waals surface area contributed by atoms with Gasteiger partial charge in [0, 0.05) is 49.8 Å². The molecule has 0 amide bonds. The number of para-hydroxylation sites is 2. The van der Waals surface area contributed by atoms with Gasteiger partial charge in [0.2, 0.25) is 0 Å². The molecule has 0 unspecified atom stereocenters. The monoisotopic (exact) mass is 1060 g/mol. The fraction of sp³-hybridized carbons (Fsp3) is 0.213. The van der Waals surface area contributed by atoms with Crippen LogP contribution in [0.4, 0.5) is 0 Å². The average Bonchev–Trinajstić information content (AvgIpc) is 3.85. The number of ether oxygens (including phenoxy) is 1. The average molecular weight is 1060 g/mol. The molecule has 0 bridgehead atoms. The van der Waals surface area contributed by atoms with E-state index in [9.17, 15) is 0 Å². The van der Waals surface area contributed by atoms with Gasteiger partial charge in [-0.1, -0.05) is 165 Å². The van der Waals surface area contributed by atoms with Gasteiger partial charge in [0.05, 0.1) is 16.7 Å². The van der Waals surface area contributed by atoms with Crippen LogP contribution in [-0.2, 0) is 37.3 Å². The molecule has 0 aliphatic rings. The number of hydrogen-bond donors (Lipinski definition) is 0. The predicted octanol–water partition coefficient (Wildman–Crippen LogP) is 15.1. The van der Waals surface area contributed by atoms with Gasteiger partial charge in [-0.05, 0) is 97.5 Å². The van der Waals surface area contributed by atoms with Crippen LogP contribution in [0.3, 0.4) is 0 Å². The number of hydrogen-bond acceptors (Lipinski definition) is 2. The molecule has 3 heterocycles. The first kappa shape index (κ1) is 45.6. The number of pyridine rings is 1. The summed E-state index contributed by atoms with van der Waals surface area (Å²) in [6.07, 6.45) is 5.80. The first-order valence-corrected chi connectivity index (χ1v) is 23.0. The summed E-state index contributed by atoms with van der Waals surface area (Å²) in [7, 11) is 0. The van der Waals surface area contributed by atoms with Crippen LogP contribution < -0.4 is 9.30 Å². The number of benzene rings is 7. The van der Waals surface area contributed by atoms with E-state index in [1.165, 1.54) is 16.7 Å². The van der Waals surface area contributed by atoms with Crippen LogP contribution in [0, 0.1) is 25.4 Å². The van der Waals surface area contributed by atoms with Crippen molar-refractivity contribution in [3.63, 3.8) is 0 Å². The molecule has 67 heavy (non-hydrogen) atoms. The van der Waals surface area contributed by atoms with Crippen LogP contribution in [0.5, 0.6) is 11.5 Å². The zero-order valence-electron chi connectivity index (χ0n) is 40.0. The second-order valence-corrected chi connectivity index (χ2v) is 20.7. The Balaban J connectivity index is 0.00000562. The smallest absolute Gasteiger partial charge is 0.268 e. The minimum Gasteiger partial charge on any atom is -0.510 e. The maximum atomic E-state index is 6.69. The second kappa shape index (κ2) is 17.3. The van der Waals surface area contributed by atoms with E-state index in [-0.39, 0.29) is 37.3 Å². The Kier molecular flexibility index (Phi) is 11.8. The Morgan fingerprint density at radius 1 is 0.537 bits per heavy atom. The van der Waals surface area contributed by atoms with Gasteiger partial charge in [-0.3, -0.25) is 4.57 Å². The molecule has 0 atom stereocenters. The van der Waals surface area contributed by atoms with Crippen LogP contribution in [0.15, 0.2) is 158 Å². The van der Waals surface area contributed by atoms with Gasteiger partial charge in [-0.15, -0.1) is 29.7 Å². The summed E-state index contributed by atoms with van der Waals surface area (Å²) >= 11 is 0. The number of aromatic nitrogens is 4. The van der Waals surface area contributed by atoms with Gasteiger partial charge in [-0.25, -0.2) is 4.98 Å². The molecule has 10 aromatic rings. The van der Waals surface area contributed by atoms with Crippen LogP contribution in [-0.4, -0.2) is 14.1 Å². The Morgan fingerprint density at radius 2 is 1.16 bits per heavy atom. The first-order chi connectivity index (χ1) is 31.5. The molecule has 6 heteroatoms. The largest absolute Gasteiger partial charge is 0.510 e. The van der Waals surface area contributed by atoms with Crippen LogP contribution in [0.25, 0.3) is 72.3 Å². The molecule has 0 saturated heterocycles. The molecule has 0 saturated carbocycles. The maximum absolute atomic E-state index is 6.69. The van der Waals surface area contributed by atoms with Crippen molar-refractivity contribution in [3.8, 4) is 50.9 Å². The maximum Gasteiger partial charge on any atom is 0.268 e. The van der Waals surface area contributed by atoms with E-state index >= 15 is 0 Å². The van der Waals surface area contributed by atoms with Gasteiger partial charge in [0.15, 0.2) is 0 Å². The normalized spacial score (nSPS) is 12.2. The van der Waals surface area contributed by atoms with Crippen LogP contribution in [0.1, 0.15) is 84.6 Å². The fourth-order valence-electron chi connectivity index (χ4n) is 9.01. The molecular formula is C61H56N4OPt-2. The van der Waals surface area contributed by atoms with E-state index in [0.29, 0.717) is 11.5 Å². The molecule has 0 aliphatic heterocycles. The SMILES string of the molecule is Cc1cc(-n2c3[c-]c(Oc4[c-]c(-n5[c-][n+](-c6cc(C(C)(C)C)cc(C(C)(C)C)c6)c6c(-c7ccccc7)cccc65)ccc4)ccc3c3ccccc32)ncc1-c1ccc(C(C)(C)C)cc1.[Pt]. The minimum absolute atomic E-state index is 0. The minimum atomic E-state index is -0.0511. The molecule has 0 aliphatic carbocycles. The summed E-state index contributed by atoms with van der Waals surface area (Å²) in [5, 5.41) is 2.21. The third-order valence-corrected chi connectivity index (χ3v) is 12.8. The molecule has 10 rings (SSSR count). The Morgan fingerprint density at radius 3 is 1.85 bits per heavy atom. The predicted molar refractivity (Wildman–Crippen MR) is 272 cm³/mol. The summed E-state index contributed by atoms with van der Waals surface area (Å²) in [5.74, 6) is 1.99. The molecule has 3 aromatic heterocycles. The topological polar surface area (TPSA) is 35.9 Å². The quantitative estimate of drug-likeness (QED) is 0.118. The van der Waals surface area contributed by atoms with Crippen LogP contribution >= 0.6 is 0 Å². The molecule has 338 valence electrons. The molecule has 5 nitrogen and oxygen atoms in total. The molecular weight excluding hydrogens is 1000 g/mol. The van der Waals surface area contributed by atoms with Crippen molar-refractivity contribution < 1.29 is 30.4 Å². The van der Waals surface area contributed by atoms with Crippen molar-refractivity contribution >= 4 is 32.8 Å². The molecule has 7 aromatic carbocycles. The third kappa shape index (κ3) is 8.67. The molecule has 0 fully saturated rings. The van der Waals surface area contributed by atoms with Gasteiger partial charge < -0.3 is 13.9 Å². The van der Waals surface area contributed by atoms with Crippen molar-refractivity contribution in [1.29, 1.82) is 0 Å². The Bertz CT molecular complexity index is 3420. The van der Waals surface area contributed by atoms with E-state index in [1.54, 1.807) is 0 Å². The van der Waals surface area contributed by atoms with Gasteiger partial charge in [-0.2, -0.15) is 18.2 Å². The van der Waals surface area contributed by atoms with Crippen molar-refractivity contribution in [3.05, 3.63) is 199 Å². The zero-order valence-corrected chi connectivity index (χ0v) is 42.3. The van der Waals surface area contributed by atoms with Crippen molar-refractivity contribution in [2.45, 2.75) is 85.5 Å². The second-order valence-electron chi connectivity index (χ2n) is 20.7. The number of fused-ring (bicyclic) bond motifs is 4. The van der Waals surface area contributed by atoms with Crippen molar-refractivity contribution in [1.82, 2.24) is 14.1 Å². The van der Waals surface area contributed by atoms with Gasteiger partial charge in [0.1, 0.15) is 5.82 Å². The molecule has 0 spiro atoms. The van der Waals surface area contributed by atoms with Crippen molar-refractivity contribution in [2.24, 2.45) is 0 Å². The third-order valence-electron chi connectivity index (χ3n) is 12.8. The zero-order chi connectivity index (χ0) is 46.1. The van der Waals surface area contributed by atoms with E-state index < -0.39 is 0 Å².